The van der Waals surface area contributed by atoms with Gasteiger partial charge in [0.05, 0.1) is 6.04 Å². The van der Waals surface area contributed by atoms with Crippen molar-refractivity contribution in [2.24, 2.45) is 0 Å². The number of rotatable bonds is 3. The van der Waals surface area contributed by atoms with Gasteiger partial charge in [-0.05, 0) is 36.6 Å². The Morgan fingerprint density at radius 2 is 2.16 bits per heavy atom. The number of carbonyl (C=O) groups excluding carboxylic acids is 1. The molecule has 0 saturated carbocycles. The van der Waals surface area contributed by atoms with Crippen LogP contribution >= 0.6 is 0 Å². The molecular weight excluding hydrogens is 240 g/mol. The van der Waals surface area contributed by atoms with Gasteiger partial charge < -0.3 is 4.90 Å². The Hall–Kier alpha value is -2.17. The first-order valence-electron chi connectivity index (χ1n) is 6.51. The van der Waals surface area contributed by atoms with Crippen molar-refractivity contribution in [3.8, 4) is 0 Å². The van der Waals surface area contributed by atoms with Gasteiger partial charge in [0.1, 0.15) is 6.54 Å². The molecule has 98 valence electrons. The zero-order valence-corrected chi connectivity index (χ0v) is 10.6. The van der Waals surface area contributed by atoms with Gasteiger partial charge in [-0.2, -0.15) is 5.10 Å². The summed E-state index contributed by atoms with van der Waals surface area (Å²) < 4.78 is 1.67. The minimum atomic E-state index is 0.128. The van der Waals surface area contributed by atoms with Crippen LogP contribution < -0.4 is 0 Å². The van der Waals surface area contributed by atoms with Crippen LogP contribution in [-0.2, 0) is 11.3 Å². The molecule has 5 heteroatoms. The largest absolute Gasteiger partial charge is 0.334 e. The van der Waals surface area contributed by atoms with Gasteiger partial charge in [-0.1, -0.05) is 0 Å². The third-order valence-corrected chi connectivity index (χ3v) is 3.52. The van der Waals surface area contributed by atoms with Gasteiger partial charge in [-0.15, -0.1) is 0 Å². The summed E-state index contributed by atoms with van der Waals surface area (Å²) in [5, 5.41) is 4.08. The molecule has 2 aromatic rings. The Labute approximate surface area is 111 Å². The molecule has 1 aliphatic rings. The predicted octanol–water partition coefficient (Wildman–Crippen LogP) is 1.64. The minimum Gasteiger partial charge on any atom is -0.334 e. The first-order valence-corrected chi connectivity index (χ1v) is 6.51. The number of carbonyl (C=O) groups is 1. The number of likely N-dealkylation sites (tertiary alicyclic amines) is 1. The Morgan fingerprint density at radius 3 is 2.89 bits per heavy atom. The van der Waals surface area contributed by atoms with Crippen molar-refractivity contribution >= 4 is 5.91 Å². The molecule has 0 N–H and O–H groups in total. The van der Waals surface area contributed by atoms with Crippen LogP contribution in [0.4, 0.5) is 0 Å². The van der Waals surface area contributed by atoms with Crippen LogP contribution in [0.1, 0.15) is 24.4 Å². The van der Waals surface area contributed by atoms with Crippen molar-refractivity contribution in [3.63, 3.8) is 0 Å². The fourth-order valence-electron chi connectivity index (χ4n) is 2.62. The molecule has 19 heavy (non-hydrogen) atoms. The van der Waals surface area contributed by atoms with Gasteiger partial charge in [-0.3, -0.25) is 14.5 Å². The molecule has 5 nitrogen and oxygen atoms in total. The Kier molecular flexibility index (Phi) is 3.27. The van der Waals surface area contributed by atoms with Crippen molar-refractivity contribution in [3.05, 3.63) is 48.5 Å². The van der Waals surface area contributed by atoms with Crippen molar-refractivity contribution in [1.29, 1.82) is 0 Å². The number of nitrogens with zero attached hydrogens (tertiary/aromatic N) is 4. The van der Waals surface area contributed by atoms with Gasteiger partial charge in [-0.25, -0.2) is 0 Å². The molecular formula is C14H16N4O. The maximum Gasteiger partial charge on any atom is 0.244 e. The van der Waals surface area contributed by atoms with E-state index >= 15 is 0 Å². The van der Waals surface area contributed by atoms with Crippen LogP contribution in [0.15, 0.2) is 43.0 Å². The topological polar surface area (TPSA) is 51.0 Å². The van der Waals surface area contributed by atoms with Gasteiger partial charge in [0.25, 0.3) is 0 Å². The summed E-state index contributed by atoms with van der Waals surface area (Å²) in [6.45, 7) is 1.14. The monoisotopic (exact) mass is 256 g/mol. The van der Waals surface area contributed by atoms with E-state index in [4.69, 9.17) is 0 Å². The lowest BCUT2D eigenvalue weighted by Gasteiger charge is -2.25. The third kappa shape index (κ3) is 2.50. The molecule has 3 heterocycles. The van der Waals surface area contributed by atoms with Crippen molar-refractivity contribution in [2.75, 3.05) is 6.54 Å². The average molecular weight is 256 g/mol. The van der Waals surface area contributed by atoms with E-state index in [1.165, 1.54) is 5.56 Å². The molecule has 2 aromatic heterocycles. The van der Waals surface area contributed by atoms with E-state index in [0.717, 1.165) is 19.4 Å². The van der Waals surface area contributed by atoms with Crippen LogP contribution in [0.25, 0.3) is 0 Å². The molecule has 1 atom stereocenters. The predicted molar refractivity (Wildman–Crippen MR) is 70.2 cm³/mol. The molecule has 1 saturated heterocycles. The third-order valence-electron chi connectivity index (χ3n) is 3.52. The summed E-state index contributed by atoms with van der Waals surface area (Å²) in [4.78, 5) is 18.3. The van der Waals surface area contributed by atoms with Gasteiger partial charge in [0.2, 0.25) is 5.91 Å². The van der Waals surface area contributed by atoms with Gasteiger partial charge >= 0.3 is 0 Å². The molecule has 1 aliphatic heterocycles. The zero-order valence-electron chi connectivity index (χ0n) is 10.6. The molecule has 0 radical (unpaired) electrons. The zero-order chi connectivity index (χ0) is 13.1. The lowest BCUT2D eigenvalue weighted by molar-refractivity contribution is -0.133. The smallest absolute Gasteiger partial charge is 0.244 e. The standard InChI is InChI=1S/C14H16N4O/c19-14(11-17-9-2-6-16-17)18-10-1-3-13(18)12-4-7-15-8-5-12/h2,4-9,13H,1,3,10-11H2. The number of pyridine rings is 1. The number of hydrogen-bond acceptors (Lipinski definition) is 3. The molecule has 0 aliphatic carbocycles. The summed E-state index contributed by atoms with van der Waals surface area (Å²) in [6.07, 6.45) is 9.15. The molecule has 1 amide bonds. The SMILES string of the molecule is O=C(Cn1cccn1)N1CCCC1c1ccncc1. The second kappa shape index (κ2) is 5.22. The molecule has 0 bridgehead atoms. The van der Waals surface area contributed by atoms with E-state index in [1.54, 1.807) is 23.3 Å². The Bertz CT molecular complexity index is 538. The fourth-order valence-corrected chi connectivity index (χ4v) is 2.62. The minimum absolute atomic E-state index is 0.128. The first-order chi connectivity index (χ1) is 9.34. The maximum absolute atomic E-state index is 12.3. The highest BCUT2D eigenvalue weighted by molar-refractivity contribution is 5.76. The van der Waals surface area contributed by atoms with Crippen LogP contribution in [0.3, 0.4) is 0 Å². The van der Waals surface area contributed by atoms with E-state index in [9.17, 15) is 4.79 Å². The van der Waals surface area contributed by atoms with Crippen molar-refractivity contribution in [2.45, 2.75) is 25.4 Å². The van der Waals surface area contributed by atoms with Gasteiger partial charge in [0.15, 0.2) is 0 Å². The summed E-state index contributed by atoms with van der Waals surface area (Å²) in [6, 6.07) is 6.00. The van der Waals surface area contributed by atoms with E-state index < -0.39 is 0 Å². The number of hydrogen-bond donors (Lipinski definition) is 0. The average Bonchev–Trinajstić information content (AvgIpc) is 3.10. The summed E-state index contributed by atoms with van der Waals surface area (Å²) in [5.41, 5.74) is 1.17. The van der Waals surface area contributed by atoms with Crippen LogP contribution in [0, 0.1) is 0 Å². The number of aromatic nitrogens is 3. The van der Waals surface area contributed by atoms with Crippen molar-refractivity contribution in [1.82, 2.24) is 19.7 Å². The van der Waals surface area contributed by atoms with Gasteiger partial charge in [0, 0.05) is 31.3 Å². The summed E-state index contributed by atoms with van der Waals surface area (Å²) >= 11 is 0. The normalized spacial score (nSPS) is 18.7. The first kappa shape index (κ1) is 11.9. The highest BCUT2D eigenvalue weighted by Gasteiger charge is 2.29. The van der Waals surface area contributed by atoms with E-state index in [-0.39, 0.29) is 11.9 Å². The Balaban J connectivity index is 1.74. The summed E-state index contributed by atoms with van der Waals surface area (Å²) in [5.74, 6) is 0.128. The molecule has 1 fully saturated rings. The number of amides is 1. The quantitative estimate of drug-likeness (QED) is 0.839. The van der Waals surface area contributed by atoms with E-state index in [0.29, 0.717) is 6.54 Å². The Morgan fingerprint density at radius 1 is 1.32 bits per heavy atom. The lowest BCUT2D eigenvalue weighted by atomic mass is 10.1. The highest BCUT2D eigenvalue weighted by atomic mass is 16.2. The maximum atomic E-state index is 12.3. The van der Waals surface area contributed by atoms with E-state index in [2.05, 4.69) is 10.1 Å². The highest BCUT2D eigenvalue weighted by Crippen LogP contribution is 2.31. The second-order valence-electron chi connectivity index (χ2n) is 4.73. The molecule has 0 aromatic carbocycles. The molecule has 3 rings (SSSR count). The fraction of sp³-hybridized carbons (Fsp3) is 0.357. The molecule has 0 spiro atoms. The lowest BCUT2D eigenvalue weighted by Crippen LogP contribution is -2.33. The van der Waals surface area contributed by atoms with E-state index in [1.807, 2.05) is 29.3 Å². The van der Waals surface area contributed by atoms with Crippen molar-refractivity contribution < 1.29 is 4.79 Å². The van der Waals surface area contributed by atoms with Crippen LogP contribution in [-0.4, -0.2) is 32.1 Å². The second-order valence-corrected chi connectivity index (χ2v) is 4.73. The van der Waals surface area contributed by atoms with Crippen LogP contribution in [0.2, 0.25) is 0 Å². The molecule has 1 unspecified atom stereocenters. The summed E-state index contributed by atoms with van der Waals surface area (Å²) in [7, 11) is 0. The van der Waals surface area contributed by atoms with Crippen LogP contribution in [0.5, 0.6) is 0 Å².